The molecule has 0 saturated carbocycles. The number of hydroxylamine groups is 2. The molecule has 1 atom stereocenters. The molecular formula is C8H16ClNO5. The van der Waals surface area contributed by atoms with Gasteiger partial charge in [0.2, 0.25) is 0 Å². The summed E-state index contributed by atoms with van der Waals surface area (Å²) in [6.07, 6.45) is -1.69. The third kappa shape index (κ3) is 6.51. The van der Waals surface area contributed by atoms with Crippen LogP contribution in [-0.4, -0.2) is 59.7 Å². The van der Waals surface area contributed by atoms with Crippen molar-refractivity contribution in [3.05, 3.63) is 0 Å². The summed E-state index contributed by atoms with van der Waals surface area (Å²) in [5.74, 6) is 0.189. The minimum atomic E-state index is -1.03. The molecule has 0 aromatic carbocycles. The molecule has 0 aromatic heterocycles. The number of nitrogens with zero attached hydrogens (tertiary/aromatic N) is 1. The smallest absolute Gasteiger partial charge is 0.433 e. The molecule has 0 saturated heterocycles. The molecule has 0 rings (SSSR count). The molecule has 0 bridgehead atoms. The lowest BCUT2D eigenvalue weighted by Crippen LogP contribution is -2.36. The van der Waals surface area contributed by atoms with Crippen molar-refractivity contribution in [1.29, 1.82) is 0 Å². The molecule has 6 nitrogen and oxygen atoms in total. The van der Waals surface area contributed by atoms with E-state index >= 15 is 0 Å². The summed E-state index contributed by atoms with van der Waals surface area (Å²) in [6, 6.07) is 0. The fourth-order valence-corrected chi connectivity index (χ4v) is 0.863. The average Bonchev–Trinajstić information content (AvgIpc) is 2.23. The zero-order valence-electron chi connectivity index (χ0n) is 8.56. The van der Waals surface area contributed by atoms with E-state index in [1.54, 1.807) is 6.92 Å². The molecule has 15 heavy (non-hydrogen) atoms. The summed E-state index contributed by atoms with van der Waals surface area (Å²) in [4.78, 5) is 16.1. The summed E-state index contributed by atoms with van der Waals surface area (Å²) < 4.78 is 4.68. The Balaban J connectivity index is 3.97. The maximum absolute atomic E-state index is 11.2. The topological polar surface area (TPSA) is 79.2 Å². The van der Waals surface area contributed by atoms with Crippen LogP contribution in [0, 0.1) is 0 Å². The highest BCUT2D eigenvalue weighted by Crippen LogP contribution is 1.98. The van der Waals surface area contributed by atoms with E-state index in [4.69, 9.17) is 26.7 Å². The Bertz CT molecular complexity index is 180. The van der Waals surface area contributed by atoms with Gasteiger partial charge in [0.05, 0.1) is 19.8 Å². The molecule has 0 radical (unpaired) electrons. The molecule has 0 heterocycles. The lowest BCUT2D eigenvalue weighted by molar-refractivity contribution is -0.157. The normalized spacial score (nSPS) is 12.3. The van der Waals surface area contributed by atoms with Crippen LogP contribution in [0.1, 0.15) is 6.92 Å². The second kappa shape index (κ2) is 8.72. The van der Waals surface area contributed by atoms with Crippen molar-refractivity contribution in [3.63, 3.8) is 0 Å². The predicted octanol–water partition coefficient (Wildman–Crippen LogP) is -0.0315. The molecule has 0 aromatic rings. The SMILES string of the molecule is CCOC(=O)N(CCCl)OCC(O)CO. The van der Waals surface area contributed by atoms with E-state index in [2.05, 4.69) is 4.74 Å². The molecule has 1 unspecified atom stereocenters. The Morgan fingerprint density at radius 2 is 2.27 bits per heavy atom. The van der Waals surface area contributed by atoms with Gasteiger partial charge in [0, 0.05) is 5.88 Å². The highest BCUT2D eigenvalue weighted by atomic mass is 35.5. The first-order valence-electron chi connectivity index (χ1n) is 4.57. The largest absolute Gasteiger partial charge is 0.448 e. The molecule has 90 valence electrons. The maximum Gasteiger partial charge on any atom is 0.433 e. The van der Waals surface area contributed by atoms with E-state index in [1.807, 2.05) is 0 Å². The molecule has 0 aliphatic heterocycles. The minimum absolute atomic E-state index is 0.151. The predicted molar refractivity (Wildman–Crippen MR) is 53.5 cm³/mol. The van der Waals surface area contributed by atoms with Gasteiger partial charge >= 0.3 is 6.09 Å². The Morgan fingerprint density at radius 3 is 2.73 bits per heavy atom. The molecule has 0 aliphatic carbocycles. The van der Waals surface area contributed by atoms with Gasteiger partial charge in [0.15, 0.2) is 0 Å². The first-order chi connectivity index (χ1) is 7.15. The van der Waals surface area contributed by atoms with Gasteiger partial charge in [-0.15, -0.1) is 11.6 Å². The lowest BCUT2D eigenvalue weighted by Gasteiger charge is -2.21. The summed E-state index contributed by atoms with van der Waals surface area (Å²) in [5.41, 5.74) is 0. The van der Waals surface area contributed by atoms with E-state index in [0.29, 0.717) is 0 Å². The number of alkyl halides is 1. The number of aliphatic hydroxyl groups excluding tert-OH is 2. The highest BCUT2D eigenvalue weighted by molar-refractivity contribution is 6.18. The zero-order valence-corrected chi connectivity index (χ0v) is 9.31. The van der Waals surface area contributed by atoms with Gasteiger partial charge < -0.3 is 14.9 Å². The first-order valence-corrected chi connectivity index (χ1v) is 5.11. The number of carbonyl (C=O) groups is 1. The van der Waals surface area contributed by atoms with Gasteiger partial charge in [-0.1, -0.05) is 0 Å². The Morgan fingerprint density at radius 1 is 1.60 bits per heavy atom. The second-order valence-electron chi connectivity index (χ2n) is 2.62. The van der Waals surface area contributed by atoms with Crippen molar-refractivity contribution in [2.24, 2.45) is 0 Å². The van der Waals surface area contributed by atoms with Gasteiger partial charge in [-0.05, 0) is 6.92 Å². The molecule has 2 N–H and O–H groups in total. The van der Waals surface area contributed by atoms with Crippen LogP contribution in [0.15, 0.2) is 0 Å². The standard InChI is InChI=1S/C8H16ClNO5/c1-2-14-8(13)10(4-3-9)15-6-7(12)5-11/h7,11-12H,2-6H2,1H3. The van der Waals surface area contributed by atoms with Crippen LogP contribution in [0.5, 0.6) is 0 Å². The number of hydrogen-bond donors (Lipinski definition) is 2. The number of amides is 1. The van der Waals surface area contributed by atoms with Crippen LogP contribution in [0.4, 0.5) is 4.79 Å². The summed E-state index contributed by atoms with van der Waals surface area (Å²) in [7, 11) is 0. The third-order valence-electron chi connectivity index (χ3n) is 1.39. The monoisotopic (exact) mass is 241 g/mol. The summed E-state index contributed by atoms with van der Waals surface area (Å²) in [6.45, 7) is 1.42. The number of rotatable bonds is 7. The molecule has 0 fully saturated rings. The van der Waals surface area contributed by atoms with Crippen molar-refractivity contribution in [1.82, 2.24) is 5.06 Å². The van der Waals surface area contributed by atoms with Crippen molar-refractivity contribution in [3.8, 4) is 0 Å². The second-order valence-corrected chi connectivity index (χ2v) is 3.00. The zero-order chi connectivity index (χ0) is 11.7. The number of halogens is 1. The number of carbonyl (C=O) groups excluding carboxylic acids is 1. The van der Waals surface area contributed by atoms with Crippen LogP contribution >= 0.6 is 11.6 Å². The van der Waals surface area contributed by atoms with Gasteiger partial charge in [-0.25, -0.2) is 4.79 Å². The number of ether oxygens (including phenoxy) is 1. The van der Waals surface area contributed by atoms with Crippen LogP contribution in [-0.2, 0) is 9.57 Å². The Labute approximate surface area is 93.3 Å². The van der Waals surface area contributed by atoms with E-state index in [-0.39, 0.29) is 25.6 Å². The fourth-order valence-electron chi connectivity index (χ4n) is 0.709. The van der Waals surface area contributed by atoms with Crippen LogP contribution in [0.3, 0.4) is 0 Å². The van der Waals surface area contributed by atoms with Crippen LogP contribution < -0.4 is 0 Å². The lowest BCUT2D eigenvalue weighted by atomic mass is 10.4. The molecule has 1 amide bonds. The molecule has 7 heteroatoms. The first kappa shape index (κ1) is 14.4. The molecular weight excluding hydrogens is 226 g/mol. The van der Waals surface area contributed by atoms with E-state index in [1.165, 1.54) is 0 Å². The summed E-state index contributed by atoms with van der Waals surface area (Å²) in [5, 5.41) is 18.4. The van der Waals surface area contributed by atoms with Crippen LogP contribution in [0.25, 0.3) is 0 Å². The minimum Gasteiger partial charge on any atom is -0.448 e. The highest BCUT2D eigenvalue weighted by Gasteiger charge is 2.16. The third-order valence-corrected chi connectivity index (χ3v) is 1.56. The van der Waals surface area contributed by atoms with Gasteiger partial charge in [-0.3, -0.25) is 4.84 Å². The molecule has 0 aliphatic rings. The van der Waals surface area contributed by atoms with E-state index in [0.717, 1.165) is 5.06 Å². The van der Waals surface area contributed by atoms with Gasteiger partial charge in [-0.2, -0.15) is 5.06 Å². The van der Waals surface area contributed by atoms with Crippen molar-refractivity contribution in [2.45, 2.75) is 13.0 Å². The molecule has 0 spiro atoms. The van der Waals surface area contributed by atoms with Gasteiger partial charge in [0.25, 0.3) is 0 Å². The summed E-state index contributed by atoms with van der Waals surface area (Å²) >= 11 is 5.45. The number of hydrogen-bond acceptors (Lipinski definition) is 5. The number of aliphatic hydroxyl groups is 2. The van der Waals surface area contributed by atoms with E-state index in [9.17, 15) is 4.79 Å². The van der Waals surface area contributed by atoms with Crippen LogP contribution in [0.2, 0.25) is 0 Å². The maximum atomic E-state index is 11.2. The quantitative estimate of drug-likeness (QED) is 0.483. The Kier molecular flexibility index (Phi) is 8.40. The average molecular weight is 242 g/mol. The van der Waals surface area contributed by atoms with E-state index < -0.39 is 18.8 Å². The fraction of sp³-hybridized carbons (Fsp3) is 0.875. The van der Waals surface area contributed by atoms with Gasteiger partial charge in [0.1, 0.15) is 12.7 Å². The van der Waals surface area contributed by atoms with Crippen molar-refractivity contribution >= 4 is 17.7 Å². The Hall–Kier alpha value is -0.560. The van der Waals surface area contributed by atoms with Crippen molar-refractivity contribution < 1.29 is 24.6 Å². The van der Waals surface area contributed by atoms with Crippen molar-refractivity contribution in [2.75, 3.05) is 32.2 Å².